The maximum absolute atomic E-state index is 14.4. The van der Waals surface area contributed by atoms with Gasteiger partial charge in [0.2, 0.25) is 29.9 Å². The molecule has 200 valence electrons. The van der Waals surface area contributed by atoms with E-state index in [1.807, 2.05) is 13.8 Å². The number of likely N-dealkylation sites (tertiary alicyclic amines) is 1. The SMILES string of the molecule is Cc1ccc(NC(=O)C2(c3ccccc3C(C)C)CN(C(=O)C(F)C(F)C(=O)CF)C2)c(OC(F)F)n1. The van der Waals surface area contributed by atoms with E-state index in [-0.39, 0.29) is 11.6 Å². The van der Waals surface area contributed by atoms with E-state index in [4.69, 9.17) is 0 Å². The van der Waals surface area contributed by atoms with Crippen molar-refractivity contribution in [3.8, 4) is 5.88 Å². The number of amides is 2. The number of carbonyl (C=O) groups is 3. The Hall–Kier alpha value is -3.57. The predicted octanol–water partition coefficient (Wildman–Crippen LogP) is 4.05. The van der Waals surface area contributed by atoms with Crippen LogP contribution in [0.1, 0.15) is 36.6 Å². The highest BCUT2D eigenvalue weighted by atomic mass is 19.3. The molecule has 2 heterocycles. The fraction of sp³-hybridized carbons (Fsp3) is 0.440. The molecule has 1 fully saturated rings. The van der Waals surface area contributed by atoms with Crippen molar-refractivity contribution in [2.24, 2.45) is 0 Å². The molecule has 1 aromatic heterocycles. The number of hydrogen-bond donors (Lipinski definition) is 1. The average Bonchev–Trinajstić information content (AvgIpc) is 2.83. The lowest BCUT2D eigenvalue weighted by Crippen LogP contribution is -2.68. The Bertz CT molecular complexity index is 1170. The topological polar surface area (TPSA) is 88.6 Å². The summed E-state index contributed by atoms with van der Waals surface area (Å²) in [5, 5.41) is 2.52. The first kappa shape index (κ1) is 28.0. The number of alkyl halides is 5. The standard InChI is InChI=1S/C25H26F5N3O4/c1-13(2)15-6-4-5-7-16(15)25(11-33(12-25)22(35)20(28)19(27)18(34)10-26)23(36)32-17-9-8-14(3)31-21(17)37-24(29)30/h4-9,13,19-20,24H,10-12H2,1-3H3,(H,32,36). The molecule has 0 saturated carbocycles. The van der Waals surface area contributed by atoms with Gasteiger partial charge in [0, 0.05) is 18.8 Å². The number of ether oxygens (including phenoxy) is 1. The number of aromatic nitrogens is 1. The molecule has 0 aliphatic carbocycles. The molecule has 1 aliphatic rings. The van der Waals surface area contributed by atoms with Gasteiger partial charge in [-0.25, -0.2) is 18.2 Å². The van der Waals surface area contributed by atoms with Gasteiger partial charge in [0.25, 0.3) is 5.91 Å². The smallest absolute Gasteiger partial charge is 0.388 e. The number of nitrogens with one attached hydrogen (secondary N) is 1. The molecule has 1 saturated heterocycles. The van der Waals surface area contributed by atoms with Crippen molar-refractivity contribution in [2.45, 2.75) is 51.1 Å². The van der Waals surface area contributed by atoms with Crippen molar-refractivity contribution in [2.75, 3.05) is 25.1 Å². The van der Waals surface area contributed by atoms with Crippen molar-refractivity contribution in [3.63, 3.8) is 0 Å². The number of benzene rings is 1. The molecule has 0 spiro atoms. The highest BCUT2D eigenvalue weighted by Crippen LogP contribution is 2.41. The summed E-state index contributed by atoms with van der Waals surface area (Å²) >= 11 is 0. The van der Waals surface area contributed by atoms with Crippen LogP contribution in [-0.2, 0) is 19.8 Å². The zero-order chi connectivity index (χ0) is 27.5. The van der Waals surface area contributed by atoms with E-state index in [0.717, 1.165) is 10.5 Å². The minimum absolute atomic E-state index is 0.0734. The lowest BCUT2D eigenvalue weighted by atomic mass is 9.69. The fourth-order valence-electron chi connectivity index (χ4n) is 4.21. The molecule has 3 rings (SSSR count). The molecule has 2 aromatic rings. The zero-order valence-electron chi connectivity index (χ0n) is 20.3. The second kappa shape index (κ2) is 11.2. The van der Waals surface area contributed by atoms with Crippen molar-refractivity contribution in [1.29, 1.82) is 0 Å². The van der Waals surface area contributed by atoms with Gasteiger partial charge in [-0.05, 0) is 36.1 Å². The van der Waals surface area contributed by atoms with Gasteiger partial charge < -0.3 is 15.0 Å². The number of ketones is 1. The third-order valence-corrected chi connectivity index (χ3v) is 6.15. The molecule has 37 heavy (non-hydrogen) atoms. The Morgan fingerprint density at radius 3 is 2.30 bits per heavy atom. The van der Waals surface area contributed by atoms with Gasteiger partial charge in [-0.2, -0.15) is 8.78 Å². The molecule has 12 heteroatoms. The molecule has 7 nitrogen and oxygen atoms in total. The highest BCUT2D eigenvalue weighted by Gasteiger charge is 2.55. The Labute approximate surface area is 210 Å². The van der Waals surface area contributed by atoms with E-state index in [0.29, 0.717) is 11.3 Å². The summed E-state index contributed by atoms with van der Waals surface area (Å²) in [6.45, 7) is -0.489. The first-order chi connectivity index (χ1) is 17.4. The lowest BCUT2D eigenvalue weighted by Gasteiger charge is -2.50. The number of rotatable bonds is 10. The van der Waals surface area contributed by atoms with Crippen LogP contribution in [-0.4, -0.2) is 66.2 Å². The van der Waals surface area contributed by atoms with Crippen LogP contribution in [0.3, 0.4) is 0 Å². The molecule has 1 aliphatic heterocycles. The summed E-state index contributed by atoms with van der Waals surface area (Å²) in [5.41, 5.74) is -0.0352. The van der Waals surface area contributed by atoms with Crippen LogP contribution in [0.5, 0.6) is 5.88 Å². The molecule has 0 bridgehead atoms. The van der Waals surface area contributed by atoms with E-state index in [1.165, 1.54) is 12.1 Å². The molecule has 2 amide bonds. The second-order valence-electron chi connectivity index (χ2n) is 9.06. The molecule has 2 unspecified atom stereocenters. The van der Waals surface area contributed by atoms with Crippen LogP contribution in [0.4, 0.5) is 27.6 Å². The van der Waals surface area contributed by atoms with Gasteiger partial charge in [-0.3, -0.25) is 14.4 Å². The van der Waals surface area contributed by atoms with Crippen LogP contribution in [0.25, 0.3) is 0 Å². The Kier molecular flexibility index (Phi) is 8.49. The van der Waals surface area contributed by atoms with Crippen molar-refractivity contribution >= 4 is 23.3 Å². The molecular weight excluding hydrogens is 501 g/mol. The third kappa shape index (κ3) is 5.72. The van der Waals surface area contributed by atoms with E-state index >= 15 is 0 Å². The van der Waals surface area contributed by atoms with Crippen LogP contribution in [0, 0.1) is 6.92 Å². The van der Waals surface area contributed by atoms with Crippen molar-refractivity contribution < 1.29 is 41.1 Å². The molecule has 1 N–H and O–H groups in total. The fourth-order valence-corrected chi connectivity index (χ4v) is 4.21. The Morgan fingerprint density at radius 2 is 1.70 bits per heavy atom. The summed E-state index contributed by atoms with van der Waals surface area (Å²) in [4.78, 5) is 42.1. The number of hydrogen-bond acceptors (Lipinski definition) is 5. The highest BCUT2D eigenvalue weighted by molar-refractivity contribution is 6.03. The lowest BCUT2D eigenvalue weighted by molar-refractivity contribution is -0.152. The molecule has 2 atom stereocenters. The average molecular weight is 527 g/mol. The number of nitrogens with zero attached hydrogens (tertiary/aromatic N) is 2. The minimum Gasteiger partial charge on any atom is -0.415 e. The van der Waals surface area contributed by atoms with Crippen molar-refractivity contribution in [3.05, 3.63) is 53.2 Å². The minimum atomic E-state index is -3.21. The van der Waals surface area contributed by atoms with Crippen LogP contribution in [0.15, 0.2) is 36.4 Å². The van der Waals surface area contributed by atoms with E-state index in [2.05, 4.69) is 15.0 Å². The van der Waals surface area contributed by atoms with Gasteiger partial charge >= 0.3 is 6.61 Å². The number of anilines is 1. The van der Waals surface area contributed by atoms with E-state index in [1.54, 1.807) is 31.2 Å². The summed E-state index contributed by atoms with van der Waals surface area (Å²) in [6, 6.07) is 9.63. The summed E-state index contributed by atoms with van der Waals surface area (Å²) in [7, 11) is 0. The van der Waals surface area contributed by atoms with Gasteiger partial charge in [-0.1, -0.05) is 38.1 Å². The predicted molar refractivity (Wildman–Crippen MR) is 124 cm³/mol. The summed E-state index contributed by atoms with van der Waals surface area (Å²) < 4.78 is 71.0. The Balaban J connectivity index is 1.96. The molecule has 0 radical (unpaired) electrons. The van der Waals surface area contributed by atoms with E-state index in [9.17, 15) is 36.3 Å². The monoisotopic (exact) mass is 527 g/mol. The Morgan fingerprint density at radius 1 is 1.05 bits per heavy atom. The second-order valence-corrected chi connectivity index (χ2v) is 9.06. The largest absolute Gasteiger partial charge is 0.415 e. The third-order valence-electron chi connectivity index (χ3n) is 6.15. The first-order valence-corrected chi connectivity index (χ1v) is 11.4. The van der Waals surface area contributed by atoms with Crippen LogP contribution < -0.4 is 10.1 Å². The normalized spacial score (nSPS) is 16.2. The summed E-state index contributed by atoms with van der Waals surface area (Å²) in [6.07, 6.45) is -5.91. The van der Waals surface area contributed by atoms with Crippen LogP contribution in [0.2, 0.25) is 0 Å². The number of carbonyl (C=O) groups excluding carboxylic acids is 3. The molecular formula is C25H26F5N3O4. The van der Waals surface area contributed by atoms with Crippen LogP contribution >= 0.6 is 0 Å². The zero-order valence-corrected chi connectivity index (χ0v) is 20.3. The van der Waals surface area contributed by atoms with Gasteiger partial charge in [0.15, 0.2) is 6.67 Å². The van der Waals surface area contributed by atoms with Gasteiger partial charge in [0.05, 0.1) is 0 Å². The van der Waals surface area contributed by atoms with E-state index < -0.39 is 67.6 Å². The quantitative estimate of drug-likeness (QED) is 0.471. The number of pyridine rings is 1. The number of aryl methyl sites for hydroxylation is 1. The first-order valence-electron chi connectivity index (χ1n) is 11.4. The summed E-state index contributed by atoms with van der Waals surface area (Å²) in [5.74, 6) is -4.42. The number of halogens is 5. The van der Waals surface area contributed by atoms with Gasteiger partial charge in [-0.15, -0.1) is 0 Å². The maximum atomic E-state index is 14.4. The number of Topliss-reactive ketones (excluding diaryl/α,β-unsaturated/α-hetero) is 1. The van der Waals surface area contributed by atoms with Crippen molar-refractivity contribution in [1.82, 2.24) is 9.88 Å². The molecule has 1 aromatic carbocycles. The maximum Gasteiger partial charge on any atom is 0.388 e. The van der Waals surface area contributed by atoms with Gasteiger partial charge in [0.1, 0.15) is 11.1 Å².